The predicted molar refractivity (Wildman–Crippen MR) is 130 cm³/mol. The number of aromatic nitrogens is 4. The molecule has 0 aliphatic carbocycles. The van der Waals surface area contributed by atoms with Gasteiger partial charge in [0.1, 0.15) is 11.6 Å². The van der Waals surface area contributed by atoms with Crippen LogP contribution in [0.25, 0.3) is 16.7 Å². The highest BCUT2D eigenvalue weighted by Gasteiger charge is 2.16. The van der Waals surface area contributed by atoms with Gasteiger partial charge < -0.3 is 19.5 Å². The van der Waals surface area contributed by atoms with Crippen molar-refractivity contribution in [2.24, 2.45) is 0 Å². The van der Waals surface area contributed by atoms with Gasteiger partial charge in [-0.15, -0.1) is 10.2 Å². The Kier molecular flexibility index (Phi) is 7.10. The number of fused-ring (bicyclic) bond motifs is 3. The highest BCUT2D eigenvalue weighted by atomic mass is 16.5. The third-order valence-electron chi connectivity index (χ3n) is 5.77. The number of carbonyl (C=O) groups excluding carboxylic acids is 1. The summed E-state index contributed by atoms with van der Waals surface area (Å²) < 4.78 is 18.1. The first kappa shape index (κ1) is 23.3. The topological polar surface area (TPSA) is 99.9 Å². The van der Waals surface area contributed by atoms with Crippen molar-refractivity contribution >= 4 is 28.3 Å². The molecule has 0 atom stereocenters. The van der Waals surface area contributed by atoms with Gasteiger partial charge in [-0.25, -0.2) is 4.98 Å². The Balaban J connectivity index is 1.41. The molecule has 2 aromatic carbocycles. The van der Waals surface area contributed by atoms with Crippen molar-refractivity contribution in [1.82, 2.24) is 19.6 Å². The number of para-hydroxylation sites is 1. The third-order valence-corrected chi connectivity index (χ3v) is 5.77. The van der Waals surface area contributed by atoms with Crippen molar-refractivity contribution in [1.29, 1.82) is 0 Å². The largest absolute Gasteiger partial charge is 0.496 e. The highest BCUT2D eigenvalue weighted by molar-refractivity contribution is 5.98. The Labute approximate surface area is 198 Å². The zero-order valence-electron chi connectivity index (χ0n) is 19.9. The lowest BCUT2D eigenvalue weighted by atomic mass is 10.0. The number of hydrogen-bond acceptors (Lipinski definition) is 8. The molecule has 2 heterocycles. The van der Waals surface area contributed by atoms with E-state index in [9.17, 15) is 4.79 Å². The molecule has 34 heavy (non-hydrogen) atoms. The number of hydrogen-bond donors (Lipinski definition) is 1. The Morgan fingerprint density at radius 3 is 2.44 bits per heavy atom. The lowest BCUT2D eigenvalue weighted by Crippen LogP contribution is -2.07. The van der Waals surface area contributed by atoms with Crippen molar-refractivity contribution in [2.45, 2.75) is 32.6 Å². The van der Waals surface area contributed by atoms with Crippen LogP contribution in [-0.4, -0.2) is 53.2 Å². The number of methoxy groups -OCH3 is 3. The third kappa shape index (κ3) is 4.59. The molecule has 4 aromatic rings. The minimum Gasteiger partial charge on any atom is -0.496 e. The quantitative estimate of drug-likeness (QED) is 0.257. The van der Waals surface area contributed by atoms with E-state index in [1.54, 1.807) is 21.3 Å². The van der Waals surface area contributed by atoms with Crippen LogP contribution in [0.15, 0.2) is 36.4 Å². The molecule has 0 bridgehead atoms. The van der Waals surface area contributed by atoms with E-state index in [-0.39, 0.29) is 5.78 Å². The van der Waals surface area contributed by atoms with Gasteiger partial charge >= 0.3 is 0 Å². The van der Waals surface area contributed by atoms with Crippen molar-refractivity contribution in [3.05, 3.63) is 47.8 Å². The number of anilines is 1. The molecule has 9 nitrogen and oxygen atoms in total. The van der Waals surface area contributed by atoms with Gasteiger partial charge in [-0.05, 0) is 31.9 Å². The minimum atomic E-state index is 0.103. The van der Waals surface area contributed by atoms with Gasteiger partial charge in [0, 0.05) is 25.1 Å². The molecule has 4 rings (SSSR count). The molecule has 1 N–H and O–H groups in total. The molecule has 0 aliphatic rings. The first-order valence-electron chi connectivity index (χ1n) is 11.2. The van der Waals surface area contributed by atoms with Gasteiger partial charge in [-0.2, -0.15) is 0 Å². The van der Waals surface area contributed by atoms with Crippen LogP contribution < -0.4 is 19.5 Å². The van der Waals surface area contributed by atoms with E-state index in [1.807, 2.05) is 47.7 Å². The van der Waals surface area contributed by atoms with Crippen LogP contribution in [0, 0.1) is 6.92 Å². The second-order valence-corrected chi connectivity index (χ2v) is 7.92. The molecule has 0 radical (unpaired) electrons. The van der Waals surface area contributed by atoms with E-state index in [2.05, 4.69) is 15.5 Å². The van der Waals surface area contributed by atoms with Crippen LogP contribution in [0.3, 0.4) is 0 Å². The fourth-order valence-corrected chi connectivity index (χ4v) is 4.02. The van der Waals surface area contributed by atoms with Gasteiger partial charge in [0.15, 0.2) is 23.1 Å². The molecular weight excluding hydrogens is 434 g/mol. The van der Waals surface area contributed by atoms with Crippen LogP contribution in [0.4, 0.5) is 5.82 Å². The maximum atomic E-state index is 12.5. The van der Waals surface area contributed by atoms with E-state index < -0.39 is 0 Å². The van der Waals surface area contributed by atoms with Crippen LogP contribution in [-0.2, 0) is 0 Å². The highest BCUT2D eigenvalue weighted by Crippen LogP contribution is 2.33. The first-order chi connectivity index (χ1) is 16.6. The number of aryl methyl sites for hydroxylation is 1. The van der Waals surface area contributed by atoms with E-state index in [0.717, 1.165) is 36.1 Å². The Morgan fingerprint density at radius 2 is 1.68 bits per heavy atom. The minimum absolute atomic E-state index is 0.103. The molecule has 9 heteroatoms. The van der Waals surface area contributed by atoms with E-state index in [4.69, 9.17) is 19.2 Å². The molecule has 0 saturated carbocycles. The zero-order valence-corrected chi connectivity index (χ0v) is 19.9. The van der Waals surface area contributed by atoms with E-state index in [0.29, 0.717) is 47.2 Å². The predicted octanol–water partition coefficient (Wildman–Crippen LogP) is 4.47. The van der Waals surface area contributed by atoms with Crippen LogP contribution >= 0.6 is 0 Å². The van der Waals surface area contributed by atoms with Crippen molar-refractivity contribution in [3.8, 4) is 17.2 Å². The molecular formula is C25H29N5O4. The summed E-state index contributed by atoms with van der Waals surface area (Å²) >= 11 is 0. The lowest BCUT2D eigenvalue weighted by Gasteiger charge is -2.13. The summed E-state index contributed by atoms with van der Waals surface area (Å²) in [7, 11) is 4.79. The number of ether oxygens (including phenoxy) is 3. The number of nitrogens with one attached hydrogen (secondary N) is 1. The SMILES string of the molecule is COc1cc2nc(NCCCCCC(=O)c3ccccc3OC)c3nnc(C)n3c2cc1OC. The fourth-order valence-electron chi connectivity index (χ4n) is 4.02. The second kappa shape index (κ2) is 10.4. The molecule has 0 spiro atoms. The molecule has 0 unspecified atom stereocenters. The summed E-state index contributed by atoms with van der Waals surface area (Å²) in [6.45, 7) is 2.61. The van der Waals surface area contributed by atoms with Gasteiger partial charge in [0.2, 0.25) is 5.65 Å². The molecule has 2 aromatic heterocycles. The van der Waals surface area contributed by atoms with Gasteiger partial charge in [-0.1, -0.05) is 18.6 Å². The van der Waals surface area contributed by atoms with Gasteiger partial charge in [0.25, 0.3) is 0 Å². The zero-order chi connectivity index (χ0) is 24.1. The Morgan fingerprint density at radius 1 is 0.941 bits per heavy atom. The number of benzene rings is 2. The number of ketones is 1. The van der Waals surface area contributed by atoms with Crippen molar-refractivity contribution in [3.63, 3.8) is 0 Å². The second-order valence-electron chi connectivity index (χ2n) is 7.92. The monoisotopic (exact) mass is 463 g/mol. The van der Waals surface area contributed by atoms with Gasteiger partial charge in [0.05, 0.1) is 37.9 Å². The molecule has 0 aliphatic heterocycles. The van der Waals surface area contributed by atoms with Crippen LogP contribution in [0.2, 0.25) is 0 Å². The summed E-state index contributed by atoms with van der Waals surface area (Å²) in [4.78, 5) is 17.3. The molecule has 0 fully saturated rings. The number of Topliss-reactive ketones (excluding diaryl/α,β-unsaturated/α-hetero) is 1. The normalized spacial score (nSPS) is 11.1. The number of carbonyl (C=O) groups is 1. The standard InChI is InChI=1S/C25H29N5O4/c1-16-28-29-25-24(27-18-14-22(33-3)23(34-4)15-19(18)30(16)25)26-13-9-5-6-11-20(31)17-10-7-8-12-21(17)32-2/h7-8,10,12,14-15H,5-6,9,11,13H2,1-4H3,(H,26,27). The maximum absolute atomic E-state index is 12.5. The summed E-state index contributed by atoms with van der Waals surface area (Å²) in [6.07, 6.45) is 3.10. The Hall–Kier alpha value is -3.88. The maximum Gasteiger partial charge on any atom is 0.204 e. The average Bonchev–Trinajstić information content (AvgIpc) is 3.26. The van der Waals surface area contributed by atoms with E-state index in [1.165, 1.54) is 0 Å². The number of nitrogens with zero attached hydrogens (tertiary/aromatic N) is 4. The summed E-state index contributed by atoms with van der Waals surface area (Å²) in [6, 6.07) is 11.1. The van der Waals surface area contributed by atoms with Crippen molar-refractivity contribution < 1.29 is 19.0 Å². The van der Waals surface area contributed by atoms with E-state index >= 15 is 0 Å². The summed E-state index contributed by atoms with van der Waals surface area (Å²) in [5.41, 5.74) is 2.89. The first-order valence-corrected chi connectivity index (χ1v) is 11.2. The van der Waals surface area contributed by atoms with Crippen molar-refractivity contribution in [2.75, 3.05) is 33.2 Å². The smallest absolute Gasteiger partial charge is 0.204 e. The summed E-state index contributed by atoms with van der Waals surface area (Å²) in [5.74, 6) is 3.37. The molecule has 0 saturated heterocycles. The van der Waals surface area contributed by atoms with Gasteiger partial charge in [-0.3, -0.25) is 9.20 Å². The summed E-state index contributed by atoms with van der Waals surface area (Å²) in [5, 5.41) is 11.9. The number of rotatable bonds is 11. The molecule has 178 valence electrons. The fraction of sp³-hybridized carbons (Fsp3) is 0.360. The number of unbranched alkanes of at least 4 members (excludes halogenated alkanes) is 2. The van der Waals surface area contributed by atoms with Crippen LogP contribution in [0.1, 0.15) is 41.9 Å². The Bertz CT molecular complexity index is 1320. The lowest BCUT2D eigenvalue weighted by molar-refractivity contribution is 0.0976. The average molecular weight is 464 g/mol. The molecule has 0 amide bonds. The van der Waals surface area contributed by atoms with Crippen LogP contribution in [0.5, 0.6) is 17.2 Å².